The van der Waals surface area contributed by atoms with Gasteiger partial charge in [-0.2, -0.15) is 0 Å². The molecular formula is C16H32N2O. The van der Waals surface area contributed by atoms with Crippen molar-refractivity contribution in [3.05, 3.63) is 0 Å². The van der Waals surface area contributed by atoms with Gasteiger partial charge in [-0.3, -0.25) is 5.41 Å². The molecule has 0 aromatic rings. The minimum Gasteiger partial charge on any atom is -0.396 e. The minimum absolute atomic E-state index is 0.312. The van der Waals surface area contributed by atoms with Gasteiger partial charge in [0.2, 0.25) is 0 Å². The van der Waals surface area contributed by atoms with E-state index in [4.69, 9.17) is 10.5 Å². The first-order chi connectivity index (χ1) is 9.19. The SMILES string of the molecule is CCCCCCCC(=N)N1CCC(CCO)CC1C. The van der Waals surface area contributed by atoms with Crippen LogP contribution >= 0.6 is 0 Å². The first-order valence-corrected chi connectivity index (χ1v) is 8.14. The van der Waals surface area contributed by atoms with E-state index in [0.717, 1.165) is 38.1 Å². The summed E-state index contributed by atoms with van der Waals surface area (Å²) in [5, 5.41) is 17.2. The van der Waals surface area contributed by atoms with Crippen molar-refractivity contribution in [3.63, 3.8) is 0 Å². The summed E-state index contributed by atoms with van der Waals surface area (Å²) in [6.45, 7) is 5.79. The molecule has 0 bridgehead atoms. The highest BCUT2D eigenvalue weighted by molar-refractivity contribution is 5.79. The van der Waals surface area contributed by atoms with Crippen LogP contribution < -0.4 is 0 Å². The summed E-state index contributed by atoms with van der Waals surface area (Å²) in [5.41, 5.74) is 0. The Labute approximate surface area is 118 Å². The van der Waals surface area contributed by atoms with E-state index in [2.05, 4.69) is 18.7 Å². The number of likely N-dealkylation sites (tertiary alicyclic amines) is 1. The summed E-state index contributed by atoms with van der Waals surface area (Å²) >= 11 is 0. The summed E-state index contributed by atoms with van der Waals surface area (Å²) in [4.78, 5) is 2.29. The molecule has 0 aliphatic carbocycles. The van der Waals surface area contributed by atoms with E-state index in [1.807, 2.05) is 0 Å². The predicted octanol–water partition coefficient (Wildman–Crippen LogP) is 3.81. The molecule has 1 saturated heterocycles. The Bertz CT molecular complexity index is 255. The number of hydrogen-bond donors (Lipinski definition) is 2. The molecule has 112 valence electrons. The molecule has 0 aromatic heterocycles. The molecule has 19 heavy (non-hydrogen) atoms. The molecule has 1 aliphatic rings. The van der Waals surface area contributed by atoms with Crippen LogP contribution in [0.3, 0.4) is 0 Å². The number of hydrogen-bond acceptors (Lipinski definition) is 2. The quantitative estimate of drug-likeness (QED) is 0.399. The maximum Gasteiger partial charge on any atom is 0.0960 e. The number of unbranched alkanes of at least 4 members (excludes halogenated alkanes) is 4. The zero-order valence-electron chi connectivity index (χ0n) is 12.8. The normalized spacial score (nSPS) is 23.6. The van der Waals surface area contributed by atoms with E-state index in [9.17, 15) is 0 Å². The predicted molar refractivity (Wildman–Crippen MR) is 81.7 cm³/mol. The third kappa shape index (κ3) is 5.94. The van der Waals surface area contributed by atoms with E-state index in [1.165, 1.54) is 32.1 Å². The van der Waals surface area contributed by atoms with E-state index in [1.54, 1.807) is 0 Å². The molecule has 2 unspecified atom stereocenters. The third-order valence-electron chi connectivity index (χ3n) is 4.39. The van der Waals surface area contributed by atoms with Gasteiger partial charge >= 0.3 is 0 Å². The topological polar surface area (TPSA) is 47.3 Å². The molecule has 1 heterocycles. The molecule has 1 rings (SSSR count). The summed E-state index contributed by atoms with van der Waals surface area (Å²) in [6.07, 6.45) is 10.5. The zero-order chi connectivity index (χ0) is 14.1. The van der Waals surface area contributed by atoms with Gasteiger partial charge in [0.15, 0.2) is 0 Å². The van der Waals surface area contributed by atoms with E-state index in [-0.39, 0.29) is 0 Å². The van der Waals surface area contributed by atoms with Crippen LogP contribution in [-0.2, 0) is 0 Å². The molecular weight excluding hydrogens is 236 g/mol. The molecule has 3 heteroatoms. The number of amidine groups is 1. The number of piperidine rings is 1. The second-order valence-corrected chi connectivity index (χ2v) is 6.06. The second kappa shape index (κ2) is 9.35. The van der Waals surface area contributed by atoms with Crippen molar-refractivity contribution < 1.29 is 5.11 Å². The minimum atomic E-state index is 0.312. The average Bonchev–Trinajstić information content (AvgIpc) is 2.39. The highest BCUT2D eigenvalue weighted by Crippen LogP contribution is 2.26. The maximum atomic E-state index is 9.01. The van der Waals surface area contributed by atoms with Crippen molar-refractivity contribution in [2.45, 2.75) is 77.7 Å². The first kappa shape index (κ1) is 16.5. The van der Waals surface area contributed by atoms with Crippen LogP contribution in [0.5, 0.6) is 0 Å². The van der Waals surface area contributed by atoms with Crippen LogP contribution in [0.2, 0.25) is 0 Å². The smallest absolute Gasteiger partial charge is 0.0960 e. The van der Waals surface area contributed by atoms with Crippen LogP contribution in [0.1, 0.15) is 71.6 Å². The molecule has 0 saturated carbocycles. The maximum absolute atomic E-state index is 9.01. The molecule has 1 aliphatic heterocycles. The summed E-state index contributed by atoms with van der Waals surface area (Å²) < 4.78 is 0. The van der Waals surface area contributed by atoms with E-state index >= 15 is 0 Å². The van der Waals surface area contributed by atoms with Gasteiger partial charge in [0.1, 0.15) is 0 Å². The van der Waals surface area contributed by atoms with Gasteiger partial charge in [-0.05, 0) is 38.5 Å². The largest absolute Gasteiger partial charge is 0.396 e. The van der Waals surface area contributed by atoms with E-state index < -0.39 is 0 Å². The highest BCUT2D eigenvalue weighted by atomic mass is 16.3. The Morgan fingerprint density at radius 2 is 2.00 bits per heavy atom. The van der Waals surface area contributed by atoms with Crippen LogP contribution in [0, 0.1) is 11.3 Å². The van der Waals surface area contributed by atoms with Gasteiger partial charge in [-0.25, -0.2) is 0 Å². The van der Waals surface area contributed by atoms with Gasteiger partial charge in [0.05, 0.1) is 5.84 Å². The molecule has 1 fully saturated rings. The molecule has 0 amide bonds. The van der Waals surface area contributed by atoms with Crippen molar-refractivity contribution >= 4 is 5.84 Å². The number of aliphatic hydroxyl groups is 1. The Morgan fingerprint density at radius 3 is 2.63 bits per heavy atom. The van der Waals surface area contributed by atoms with Crippen LogP contribution in [0.4, 0.5) is 0 Å². The van der Waals surface area contributed by atoms with Gasteiger partial charge in [0.25, 0.3) is 0 Å². The third-order valence-corrected chi connectivity index (χ3v) is 4.39. The lowest BCUT2D eigenvalue weighted by Crippen LogP contribution is -2.44. The Kier molecular flexibility index (Phi) is 8.11. The lowest BCUT2D eigenvalue weighted by molar-refractivity contribution is 0.163. The Morgan fingerprint density at radius 1 is 1.26 bits per heavy atom. The van der Waals surface area contributed by atoms with Crippen molar-refractivity contribution in [2.75, 3.05) is 13.2 Å². The highest BCUT2D eigenvalue weighted by Gasteiger charge is 2.26. The molecule has 2 N–H and O–H groups in total. The van der Waals surface area contributed by atoms with Crippen LogP contribution in [0.15, 0.2) is 0 Å². The molecule has 0 radical (unpaired) electrons. The fourth-order valence-corrected chi connectivity index (χ4v) is 3.15. The molecule has 2 atom stereocenters. The number of aliphatic hydroxyl groups excluding tert-OH is 1. The van der Waals surface area contributed by atoms with Crippen molar-refractivity contribution in [1.29, 1.82) is 5.41 Å². The second-order valence-electron chi connectivity index (χ2n) is 6.06. The summed E-state index contributed by atoms with van der Waals surface area (Å²) in [6, 6.07) is 0.480. The number of nitrogens with zero attached hydrogens (tertiary/aromatic N) is 1. The van der Waals surface area contributed by atoms with Crippen molar-refractivity contribution in [2.24, 2.45) is 5.92 Å². The van der Waals surface area contributed by atoms with Gasteiger partial charge in [-0.1, -0.05) is 32.6 Å². The molecule has 3 nitrogen and oxygen atoms in total. The molecule has 0 aromatic carbocycles. The monoisotopic (exact) mass is 268 g/mol. The van der Waals surface area contributed by atoms with Crippen molar-refractivity contribution in [1.82, 2.24) is 4.90 Å². The van der Waals surface area contributed by atoms with Crippen LogP contribution in [0.25, 0.3) is 0 Å². The van der Waals surface area contributed by atoms with Gasteiger partial charge in [-0.15, -0.1) is 0 Å². The number of rotatable bonds is 8. The van der Waals surface area contributed by atoms with Crippen molar-refractivity contribution in [3.8, 4) is 0 Å². The van der Waals surface area contributed by atoms with Gasteiger partial charge < -0.3 is 10.0 Å². The first-order valence-electron chi connectivity index (χ1n) is 8.14. The lowest BCUT2D eigenvalue weighted by atomic mass is 9.89. The fourth-order valence-electron chi connectivity index (χ4n) is 3.15. The Hall–Kier alpha value is -0.570. The lowest BCUT2D eigenvalue weighted by Gasteiger charge is -2.39. The summed E-state index contributed by atoms with van der Waals surface area (Å²) in [5.74, 6) is 1.50. The van der Waals surface area contributed by atoms with Gasteiger partial charge in [0, 0.05) is 25.6 Å². The summed E-state index contributed by atoms with van der Waals surface area (Å²) in [7, 11) is 0. The Balaban J connectivity index is 2.22. The van der Waals surface area contributed by atoms with Crippen LogP contribution in [-0.4, -0.2) is 35.0 Å². The fraction of sp³-hybridized carbons (Fsp3) is 0.938. The molecule has 0 spiro atoms. The van der Waals surface area contributed by atoms with E-state index in [0.29, 0.717) is 18.6 Å². The standard InChI is InChI=1S/C16H32N2O/c1-3-4-5-6-7-8-16(17)18-11-9-15(10-12-19)13-14(18)2/h14-15,17,19H,3-13H2,1-2H3. The number of nitrogens with one attached hydrogen (secondary N) is 1. The average molecular weight is 268 g/mol. The zero-order valence-corrected chi connectivity index (χ0v) is 12.8.